The predicted molar refractivity (Wildman–Crippen MR) is 52.4 cm³/mol. The van der Waals surface area contributed by atoms with E-state index in [1.54, 1.807) is 0 Å². The van der Waals surface area contributed by atoms with Crippen LogP contribution < -0.4 is 10.6 Å². The van der Waals surface area contributed by atoms with Crippen LogP contribution >= 0.6 is 15.9 Å². The molecule has 0 aliphatic carbocycles. The Morgan fingerprint density at radius 1 is 1.62 bits per heavy atom. The number of halogens is 2. The van der Waals surface area contributed by atoms with Gasteiger partial charge in [-0.2, -0.15) is 5.10 Å². The molecule has 0 amide bonds. The average Bonchev–Trinajstić information content (AvgIpc) is 2.09. The molecule has 0 saturated carbocycles. The summed E-state index contributed by atoms with van der Waals surface area (Å²) in [5, 5.41) is 3.35. The molecule has 0 saturated heterocycles. The highest BCUT2D eigenvalue weighted by Crippen LogP contribution is 2.26. The lowest BCUT2D eigenvalue weighted by atomic mass is 10.2. The van der Waals surface area contributed by atoms with Crippen molar-refractivity contribution in [1.82, 2.24) is 0 Å². The highest BCUT2D eigenvalue weighted by Gasteiger charge is 2.07. The topological polar surface area (TPSA) is 47.6 Å². The summed E-state index contributed by atoms with van der Waals surface area (Å²) >= 11 is 3.17. The maximum absolute atomic E-state index is 12.8. The molecule has 0 aromatic heterocycles. The van der Waals surface area contributed by atoms with Gasteiger partial charge in [0.25, 0.3) is 0 Å². The third kappa shape index (κ3) is 2.18. The predicted octanol–water partition coefficient (Wildman–Crippen LogP) is 1.89. The van der Waals surface area contributed by atoms with Crippen LogP contribution in [0.1, 0.15) is 5.56 Å². The Morgan fingerprint density at radius 2 is 2.31 bits per heavy atom. The zero-order chi connectivity index (χ0) is 9.84. The Balaban J connectivity index is 3.29. The number of rotatable bonds is 2. The van der Waals surface area contributed by atoms with Crippen molar-refractivity contribution < 1.29 is 9.13 Å². The summed E-state index contributed by atoms with van der Waals surface area (Å²) in [4.78, 5) is 0. The van der Waals surface area contributed by atoms with Crippen LogP contribution in [-0.4, -0.2) is 13.3 Å². The first-order valence-corrected chi connectivity index (χ1v) is 4.24. The molecule has 70 valence electrons. The minimum Gasteiger partial charge on any atom is -0.496 e. The van der Waals surface area contributed by atoms with Crippen molar-refractivity contribution in [2.24, 2.45) is 10.9 Å². The Hall–Kier alpha value is -1.10. The maximum atomic E-state index is 12.8. The molecule has 0 aliphatic rings. The van der Waals surface area contributed by atoms with E-state index in [4.69, 9.17) is 10.6 Å². The van der Waals surface area contributed by atoms with Crippen LogP contribution in [0.25, 0.3) is 0 Å². The summed E-state index contributed by atoms with van der Waals surface area (Å²) in [6.45, 7) is 0. The van der Waals surface area contributed by atoms with E-state index in [2.05, 4.69) is 21.0 Å². The summed E-state index contributed by atoms with van der Waals surface area (Å²) < 4.78 is 18.3. The van der Waals surface area contributed by atoms with Gasteiger partial charge in [0, 0.05) is 10.5 Å². The number of benzene rings is 1. The number of hydrogen-bond donors (Lipinski definition) is 1. The molecule has 0 fully saturated rings. The van der Waals surface area contributed by atoms with E-state index >= 15 is 0 Å². The molecule has 0 bridgehead atoms. The summed E-state index contributed by atoms with van der Waals surface area (Å²) in [5.74, 6) is 5.00. The van der Waals surface area contributed by atoms with Crippen molar-refractivity contribution in [2.75, 3.05) is 7.11 Å². The Labute approximate surface area is 83.5 Å². The van der Waals surface area contributed by atoms with Crippen LogP contribution in [0.3, 0.4) is 0 Å². The molecule has 5 heteroatoms. The van der Waals surface area contributed by atoms with Gasteiger partial charge in [-0.1, -0.05) is 0 Å². The van der Waals surface area contributed by atoms with Crippen LogP contribution in [0.2, 0.25) is 0 Å². The molecule has 0 spiro atoms. The molecule has 0 aliphatic heterocycles. The van der Waals surface area contributed by atoms with Crippen molar-refractivity contribution >= 4 is 22.1 Å². The zero-order valence-corrected chi connectivity index (χ0v) is 8.51. The van der Waals surface area contributed by atoms with E-state index in [1.165, 1.54) is 25.5 Å². The lowest BCUT2D eigenvalue weighted by Crippen LogP contribution is -1.95. The molecule has 3 nitrogen and oxygen atoms in total. The summed E-state index contributed by atoms with van der Waals surface area (Å²) in [6.07, 6.45) is 1.39. The third-order valence-electron chi connectivity index (χ3n) is 1.48. The molecule has 1 aromatic carbocycles. The van der Waals surface area contributed by atoms with E-state index < -0.39 is 0 Å². The maximum Gasteiger partial charge on any atom is 0.131 e. The van der Waals surface area contributed by atoms with Crippen LogP contribution in [0.15, 0.2) is 21.7 Å². The van der Waals surface area contributed by atoms with Gasteiger partial charge in [0.1, 0.15) is 11.6 Å². The molecular weight excluding hydrogens is 239 g/mol. The van der Waals surface area contributed by atoms with Crippen molar-refractivity contribution in [3.05, 3.63) is 28.0 Å². The summed E-state index contributed by atoms with van der Waals surface area (Å²) in [7, 11) is 1.45. The second-order valence-corrected chi connectivity index (χ2v) is 3.14. The first-order chi connectivity index (χ1) is 6.19. The lowest BCUT2D eigenvalue weighted by Gasteiger charge is -2.05. The molecule has 0 radical (unpaired) electrons. The highest BCUT2D eigenvalue weighted by molar-refractivity contribution is 9.10. The van der Waals surface area contributed by atoms with Crippen LogP contribution in [-0.2, 0) is 0 Å². The van der Waals surface area contributed by atoms with Gasteiger partial charge in [-0.25, -0.2) is 4.39 Å². The smallest absolute Gasteiger partial charge is 0.131 e. The van der Waals surface area contributed by atoms with E-state index in [0.29, 0.717) is 15.8 Å². The average molecular weight is 247 g/mol. The van der Waals surface area contributed by atoms with E-state index in [9.17, 15) is 4.39 Å². The SMILES string of the molecule is COc1cc(F)cc(Br)c1C=NN. The fraction of sp³-hybridized carbons (Fsp3) is 0.125. The monoisotopic (exact) mass is 246 g/mol. The number of methoxy groups -OCH3 is 1. The van der Waals surface area contributed by atoms with E-state index in [-0.39, 0.29) is 5.82 Å². The molecule has 0 heterocycles. The Morgan fingerprint density at radius 3 is 2.85 bits per heavy atom. The minimum absolute atomic E-state index is 0.377. The van der Waals surface area contributed by atoms with Gasteiger partial charge in [-0.15, -0.1) is 0 Å². The number of ether oxygens (including phenoxy) is 1. The van der Waals surface area contributed by atoms with E-state index in [1.807, 2.05) is 0 Å². The lowest BCUT2D eigenvalue weighted by molar-refractivity contribution is 0.410. The number of nitrogens with zero attached hydrogens (tertiary/aromatic N) is 1. The van der Waals surface area contributed by atoms with Crippen molar-refractivity contribution in [1.29, 1.82) is 0 Å². The summed E-state index contributed by atoms with van der Waals surface area (Å²) in [6, 6.07) is 2.58. The minimum atomic E-state index is -0.377. The highest BCUT2D eigenvalue weighted by atomic mass is 79.9. The van der Waals surface area contributed by atoms with Crippen LogP contribution in [0.4, 0.5) is 4.39 Å². The Bertz CT molecular complexity index is 341. The molecule has 1 rings (SSSR count). The number of hydrogen-bond acceptors (Lipinski definition) is 3. The standard InChI is InChI=1S/C8H8BrFN2O/c1-13-8-3-5(10)2-7(9)6(8)4-12-11/h2-4H,11H2,1H3. The Kier molecular flexibility index (Phi) is 3.25. The third-order valence-corrected chi connectivity index (χ3v) is 2.14. The second-order valence-electron chi connectivity index (χ2n) is 2.28. The van der Waals surface area contributed by atoms with Crippen molar-refractivity contribution in [2.45, 2.75) is 0 Å². The molecule has 2 N–H and O–H groups in total. The molecule has 0 atom stereocenters. The first kappa shape index (κ1) is 9.98. The second kappa shape index (κ2) is 4.23. The fourth-order valence-electron chi connectivity index (χ4n) is 0.930. The van der Waals surface area contributed by atoms with Crippen LogP contribution in [0, 0.1) is 5.82 Å². The van der Waals surface area contributed by atoms with Crippen molar-refractivity contribution in [3.8, 4) is 5.75 Å². The van der Waals surface area contributed by atoms with Gasteiger partial charge >= 0.3 is 0 Å². The zero-order valence-electron chi connectivity index (χ0n) is 6.92. The van der Waals surface area contributed by atoms with E-state index in [0.717, 1.165) is 0 Å². The molecular formula is C8H8BrFN2O. The molecule has 1 aromatic rings. The fourth-order valence-corrected chi connectivity index (χ4v) is 1.45. The van der Waals surface area contributed by atoms with Crippen molar-refractivity contribution in [3.63, 3.8) is 0 Å². The van der Waals surface area contributed by atoms with Gasteiger partial charge in [0.15, 0.2) is 0 Å². The molecule has 13 heavy (non-hydrogen) atoms. The van der Waals surface area contributed by atoms with Gasteiger partial charge < -0.3 is 10.6 Å². The van der Waals surface area contributed by atoms with Gasteiger partial charge in [0.05, 0.1) is 18.9 Å². The first-order valence-electron chi connectivity index (χ1n) is 3.45. The summed E-state index contributed by atoms with van der Waals surface area (Å²) in [5.41, 5.74) is 0.617. The number of hydrazone groups is 1. The largest absolute Gasteiger partial charge is 0.496 e. The van der Waals surface area contributed by atoms with Crippen LogP contribution in [0.5, 0.6) is 5.75 Å². The normalized spacial score (nSPS) is 10.7. The molecule has 0 unspecified atom stereocenters. The van der Waals surface area contributed by atoms with Gasteiger partial charge in [0.2, 0.25) is 0 Å². The van der Waals surface area contributed by atoms with Gasteiger partial charge in [-0.3, -0.25) is 0 Å². The van der Waals surface area contributed by atoms with Gasteiger partial charge in [-0.05, 0) is 22.0 Å². The quantitative estimate of drug-likeness (QED) is 0.492. The number of nitrogens with two attached hydrogens (primary N) is 1.